The molecule has 9 heteroatoms. The molecule has 0 saturated carbocycles. The summed E-state index contributed by atoms with van der Waals surface area (Å²) in [5.74, 6) is -3.59. The van der Waals surface area contributed by atoms with Gasteiger partial charge in [-0.2, -0.15) is 13.2 Å². The number of ether oxygens (including phenoxy) is 1. The number of rotatable bonds is 2. The second-order valence-electron chi connectivity index (χ2n) is 5.02. The quantitative estimate of drug-likeness (QED) is 0.690. The number of carbonyl (C=O) groups is 2. The van der Waals surface area contributed by atoms with E-state index in [1.165, 1.54) is 0 Å². The normalized spacial score (nSPS) is 32.6. The molecule has 20 heavy (non-hydrogen) atoms. The van der Waals surface area contributed by atoms with E-state index in [1.54, 1.807) is 4.90 Å². The van der Waals surface area contributed by atoms with Crippen LogP contribution in [0.5, 0.6) is 0 Å². The summed E-state index contributed by atoms with van der Waals surface area (Å²) in [7, 11) is 0. The van der Waals surface area contributed by atoms with E-state index in [0.717, 1.165) is 0 Å². The molecule has 0 aliphatic carbocycles. The van der Waals surface area contributed by atoms with Gasteiger partial charge in [0.2, 0.25) is 0 Å². The average Bonchev–Trinajstić information content (AvgIpc) is 2.66. The summed E-state index contributed by atoms with van der Waals surface area (Å²) in [5, 5.41) is 12.2. The minimum atomic E-state index is -5.09. The number of alkyl halides is 3. The third-order valence-electron chi connectivity index (χ3n) is 3.93. The summed E-state index contributed by atoms with van der Waals surface area (Å²) in [5.41, 5.74) is 0.552. The molecule has 0 aromatic rings. The van der Waals surface area contributed by atoms with Crippen LogP contribution >= 0.6 is 0 Å². The number of hydrogen-bond acceptors (Lipinski definition) is 5. The Morgan fingerprint density at radius 3 is 2.70 bits per heavy atom. The average molecular weight is 292 g/mol. The molecule has 3 heterocycles. The minimum Gasteiger partial charge on any atom is -0.480 e. The lowest BCUT2D eigenvalue weighted by Crippen LogP contribution is -2.67. The lowest BCUT2D eigenvalue weighted by atomic mass is 9.85. The summed E-state index contributed by atoms with van der Waals surface area (Å²) in [6.45, 7) is 0.851. The van der Waals surface area contributed by atoms with Gasteiger partial charge in [0, 0.05) is 31.1 Å². The number of esters is 1. The molecule has 0 aromatic carbocycles. The zero-order valence-corrected chi connectivity index (χ0v) is 10.1. The molecule has 6 nitrogen and oxygen atoms in total. The zero-order valence-electron chi connectivity index (χ0n) is 10.1. The Bertz CT molecular complexity index is 516. The maximum Gasteiger partial charge on any atom is 0.491 e. The molecule has 0 amide bonds. The zero-order chi connectivity index (χ0) is 14.7. The second kappa shape index (κ2) is 4.19. The number of carboxylic acid groups (broad SMARTS) is 1. The molecule has 3 aliphatic rings. The Hall–Kier alpha value is -1.61. The van der Waals surface area contributed by atoms with Crippen molar-refractivity contribution in [1.82, 2.24) is 10.2 Å². The predicted molar refractivity (Wildman–Crippen MR) is 57.5 cm³/mol. The highest BCUT2D eigenvalue weighted by atomic mass is 19.4. The van der Waals surface area contributed by atoms with Gasteiger partial charge >= 0.3 is 18.1 Å². The van der Waals surface area contributed by atoms with Crippen molar-refractivity contribution in [3.8, 4) is 0 Å². The van der Waals surface area contributed by atoms with E-state index in [0.29, 0.717) is 18.7 Å². The smallest absolute Gasteiger partial charge is 0.480 e. The van der Waals surface area contributed by atoms with Crippen molar-refractivity contribution < 1.29 is 32.6 Å². The first-order valence-electron chi connectivity index (χ1n) is 6.02. The number of nitrogens with zero attached hydrogens (tertiary/aromatic N) is 1. The fourth-order valence-electron chi connectivity index (χ4n) is 3.01. The summed E-state index contributed by atoms with van der Waals surface area (Å²) in [6.07, 6.45) is -5.31. The Morgan fingerprint density at radius 1 is 1.40 bits per heavy atom. The lowest BCUT2D eigenvalue weighted by molar-refractivity contribution is -0.196. The first-order valence-corrected chi connectivity index (χ1v) is 6.02. The molecule has 2 N–H and O–H groups in total. The molecule has 3 atom stereocenters. The summed E-state index contributed by atoms with van der Waals surface area (Å²) >= 11 is 0. The summed E-state index contributed by atoms with van der Waals surface area (Å²) in [6, 6.07) is -1.21. The van der Waals surface area contributed by atoms with Crippen LogP contribution < -0.4 is 5.32 Å². The van der Waals surface area contributed by atoms with Gasteiger partial charge in [0.15, 0.2) is 0 Å². The van der Waals surface area contributed by atoms with Gasteiger partial charge in [-0.3, -0.25) is 9.69 Å². The van der Waals surface area contributed by atoms with E-state index < -0.39 is 24.2 Å². The van der Waals surface area contributed by atoms with E-state index in [-0.39, 0.29) is 24.3 Å². The van der Waals surface area contributed by atoms with Crippen LogP contribution in [0.25, 0.3) is 0 Å². The van der Waals surface area contributed by atoms with Crippen molar-refractivity contribution in [3.05, 3.63) is 11.3 Å². The molecule has 3 rings (SSSR count). The fraction of sp³-hybridized carbons (Fsp3) is 0.636. The van der Waals surface area contributed by atoms with Crippen molar-refractivity contribution in [2.45, 2.75) is 30.7 Å². The molecule has 0 spiro atoms. The van der Waals surface area contributed by atoms with Crippen LogP contribution in [-0.4, -0.2) is 59.3 Å². The van der Waals surface area contributed by atoms with Gasteiger partial charge < -0.3 is 15.2 Å². The molecule has 2 fully saturated rings. The fourth-order valence-corrected chi connectivity index (χ4v) is 3.01. The van der Waals surface area contributed by atoms with Crippen molar-refractivity contribution in [1.29, 1.82) is 0 Å². The second-order valence-corrected chi connectivity index (χ2v) is 5.02. The van der Waals surface area contributed by atoms with E-state index in [4.69, 9.17) is 5.11 Å². The van der Waals surface area contributed by atoms with Crippen LogP contribution in [0.15, 0.2) is 11.3 Å². The SMILES string of the molecule is O=C(O)[C@@H]1CC(OC(=O)C(F)(F)F)=C2CNC3CN1C23. The van der Waals surface area contributed by atoms with E-state index in [2.05, 4.69) is 10.1 Å². The molecule has 0 radical (unpaired) electrons. The van der Waals surface area contributed by atoms with Gasteiger partial charge in [-0.1, -0.05) is 0 Å². The molecule has 2 unspecified atom stereocenters. The molecular formula is C11H11F3N2O4. The first-order chi connectivity index (χ1) is 9.29. The maximum atomic E-state index is 12.2. The number of carboxylic acids is 1. The number of nitrogens with one attached hydrogen (secondary N) is 1. The van der Waals surface area contributed by atoms with Crippen molar-refractivity contribution in [2.24, 2.45) is 0 Å². The van der Waals surface area contributed by atoms with Crippen LogP contribution in [0.4, 0.5) is 13.2 Å². The maximum absolute atomic E-state index is 12.2. The van der Waals surface area contributed by atoms with Gasteiger partial charge in [-0.05, 0) is 0 Å². The monoisotopic (exact) mass is 292 g/mol. The number of carbonyl (C=O) groups excluding carboxylic acids is 1. The van der Waals surface area contributed by atoms with Crippen LogP contribution in [0.2, 0.25) is 0 Å². The van der Waals surface area contributed by atoms with E-state index >= 15 is 0 Å². The van der Waals surface area contributed by atoms with Gasteiger partial charge in [0.1, 0.15) is 11.8 Å². The van der Waals surface area contributed by atoms with Crippen molar-refractivity contribution in [3.63, 3.8) is 0 Å². The Balaban J connectivity index is 1.87. The Morgan fingerprint density at radius 2 is 2.10 bits per heavy atom. The van der Waals surface area contributed by atoms with E-state index in [1.807, 2.05) is 0 Å². The highest BCUT2D eigenvalue weighted by Gasteiger charge is 2.55. The predicted octanol–water partition coefficient (Wildman–Crippen LogP) is -0.141. The highest BCUT2D eigenvalue weighted by Crippen LogP contribution is 2.40. The number of aliphatic carboxylic acids is 1. The highest BCUT2D eigenvalue weighted by molar-refractivity contribution is 5.78. The van der Waals surface area contributed by atoms with Crippen LogP contribution in [-0.2, 0) is 14.3 Å². The lowest BCUT2D eigenvalue weighted by Gasteiger charge is -2.50. The van der Waals surface area contributed by atoms with Crippen LogP contribution in [0.3, 0.4) is 0 Å². The van der Waals surface area contributed by atoms with Crippen LogP contribution in [0, 0.1) is 0 Å². The minimum absolute atomic E-state index is 0.0201. The largest absolute Gasteiger partial charge is 0.491 e. The molecular weight excluding hydrogens is 281 g/mol. The molecule has 3 aliphatic heterocycles. The summed E-state index contributed by atoms with van der Waals surface area (Å²) in [4.78, 5) is 23.8. The standard InChI is InChI=1S/C11H11F3N2O4/c12-11(13,14)10(19)20-7-1-6(9(17)18)16-3-5-8(16)4(7)2-15-5/h5-6,8,15H,1-3H2,(H,17,18)/t5?,6-,8?/m0/s1. The number of halogens is 3. The van der Waals surface area contributed by atoms with Crippen LogP contribution in [0.1, 0.15) is 6.42 Å². The first kappa shape index (κ1) is 13.4. The summed E-state index contributed by atoms with van der Waals surface area (Å²) < 4.78 is 41.2. The Kier molecular flexibility index (Phi) is 2.80. The third-order valence-corrected chi connectivity index (χ3v) is 3.93. The van der Waals surface area contributed by atoms with Gasteiger partial charge in [-0.25, -0.2) is 4.79 Å². The molecule has 0 aromatic heterocycles. The van der Waals surface area contributed by atoms with Gasteiger partial charge in [-0.15, -0.1) is 0 Å². The number of hydrogen-bond donors (Lipinski definition) is 2. The van der Waals surface area contributed by atoms with E-state index in [9.17, 15) is 22.8 Å². The topological polar surface area (TPSA) is 78.9 Å². The van der Waals surface area contributed by atoms with Gasteiger partial charge in [0.05, 0.1) is 6.04 Å². The Labute approximate surface area is 111 Å². The van der Waals surface area contributed by atoms with Gasteiger partial charge in [0.25, 0.3) is 0 Å². The van der Waals surface area contributed by atoms with Crippen molar-refractivity contribution >= 4 is 11.9 Å². The molecule has 2 saturated heterocycles. The third kappa shape index (κ3) is 1.88. The molecule has 0 bridgehead atoms. The van der Waals surface area contributed by atoms with Crippen molar-refractivity contribution in [2.75, 3.05) is 13.1 Å². The molecule has 110 valence electrons.